The van der Waals surface area contributed by atoms with Gasteiger partial charge in [-0.2, -0.15) is 0 Å². The number of aliphatic hydroxyl groups is 1. The minimum Gasteiger partial charge on any atom is -0.396 e. The number of rotatable bonds is 8. The maximum atomic E-state index is 13.3. The summed E-state index contributed by atoms with van der Waals surface area (Å²) in [6.45, 7) is 2.24. The highest BCUT2D eigenvalue weighted by atomic mass is 32.2. The molecule has 124 valence electrons. The summed E-state index contributed by atoms with van der Waals surface area (Å²) in [6.07, 6.45) is -1.94. The van der Waals surface area contributed by atoms with Gasteiger partial charge in [0.25, 0.3) is 0 Å². The van der Waals surface area contributed by atoms with Gasteiger partial charge in [-0.05, 0) is 30.5 Å². The number of amides is 2. The third kappa shape index (κ3) is 7.04. The summed E-state index contributed by atoms with van der Waals surface area (Å²) in [5.74, 6) is -0.906. The van der Waals surface area contributed by atoms with Gasteiger partial charge in [0.2, 0.25) is 6.43 Å². The Kier molecular flexibility index (Phi) is 8.11. The van der Waals surface area contributed by atoms with Gasteiger partial charge in [-0.3, -0.25) is 0 Å². The van der Waals surface area contributed by atoms with Crippen molar-refractivity contribution in [2.75, 3.05) is 24.2 Å². The molecule has 0 radical (unpaired) electrons. The van der Waals surface area contributed by atoms with Crippen molar-refractivity contribution >= 4 is 23.5 Å². The number of hydrogen-bond donors (Lipinski definition) is 3. The summed E-state index contributed by atoms with van der Waals surface area (Å²) in [4.78, 5) is 12.1. The van der Waals surface area contributed by atoms with Crippen LogP contribution in [0.3, 0.4) is 0 Å². The molecule has 0 aliphatic carbocycles. The van der Waals surface area contributed by atoms with E-state index in [1.165, 1.54) is 6.07 Å². The van der Waals surface area contributed by atoms with Gasteiger partial charge in [-0.1, -0.05) is 6.92 Å². The van der Waals surface area contributed by atoms with Crippen molar-refractivity contribution in [1.29, 1.82) is 0 Å². The standard InChI is InChI=1S/C14H19F3N2O2S/c1-9(4-5-20)7-18-14(21)19-11-6-10(15)2-3-12(11)22-8-13(16)17/h2-3,6,9,13,20H,4-5,7-8H2,1H3,(H2,18,19,21). The van der Waals surface area contributed by atoms with Crippen molar-refractivity contribution in [1.82, 2.24) is 5.32 Å². The Morgan fingerprint density at radius 1 is 1.41 bits per heavy atom. The summed E-state index contributed by atoms with van der Waals surface area (Å²) >= 11 is 0.846. The minimum absolute atomic E-state index is 0.0305. The molecular weight excluding hydrogens is 317 g/mol. The fourth-order valence-corrected chi connectivity index (χ4v) is 2.37. The second-order valence-electron chi connectivity index (χ2n) is 4.80. The first-order valence-corrected chi connectivity index (χ1v) is 7.77. The average Bonchev–Trinajstić information content (AvgIpc) is 2.44. The Bertz CT molecular complexity index is 489. The maximum absolute atomic E-state index is 13.3. The molecule has 2 amide bonds. The van der Waals surface area contributed by atoms with Gasteiger partial charge in [-0.25, -0.2) is 18.0 Å². The summed E-state index contributed by atoms with van der Waals surface area (Å²) in [6, 6.07) is 3.05. The van der Waals surface area contributed by atoms with Gasteiger partial charge < -0.3 is 15.7 Å². The molecule has 0 aliphatic heterocycles. The van der Waals surface area contributed by atoms with Gasteiger partial charge in [0.15, 0.2) is 0 Å². The lowest BCUT2D eigenvalue weighted by atomic mass is 10.1. The molecule has 0 aliphatic rings. The number of urea groups is 1. The van der Waals surface area contributed by atoms with Crippen molar-refractivity contribution in [2.24, 2.45) is 5.92 Å². The van der Waals surface area contributed by atoms with Gasteiger partial charge in [0.05, 0.1) is 11.4 Å². The van der Waals surface area contributed by atoms with Crippen LogP contribution in [0.1, 0.15) is 13.3 Å². The molecule has 0 spiro atoms. The molecule has 0 aromatic heterocycles. The highest BCUT2D eigenvalue weighted by Gasteiger charge is 2.12. The van der Waals surface area contributed by atoms with Crippen LogP contribution in [0.2, 0.25) is 0 Å². The molecule has 1 rings (SSSR count). The Morgan fingerprint density at radius 3 is 2.77 bits per heavy atom. The zero-order valence-electron chi connectivity index (χ0n) is 12.1. The minimum atomic E-state index is -2.49. The summed E-state index contributed by atoms with van der Waals surface area (Å²) in [5.41, 5.74) is 0.151. The number of carbonyl (C=O) groups is 1. The number of benzene rings is 1. The number of alkyl halides is 2. The molecule has 0 saturated carbocycles. The van der Waals surface area contributed by atoms with Gasteiger partial charge in [0, 0.05) is 18.0 Å². The van der Waals surface area contributed by atoms with Gasteiger partial charge in [-0.15, -0.1) is 11.8 Å². The van der Waals surface area contributed by atoms with Crippen LogP contribution in [0.5, 0.6) is 0 Å². The maximum Gasteiger partial charge on any atom is 0.319 e. The van der Waals surface area contributed by atoms with Crippen LogP contribution in [0.15, 0.2) is 23.1 Å². The van der Waals surface area contributed by atoms with Crippen molar-refractivity contribution in [2.45, 2.75) is 24.7 Å². The lowest BCUT2D eigenvalue weighted by Crippen LogP contribution is -2.32. The fraction of sp³-hybridized carbons (Fsp3) is 0.500. The van der Waals surface area contributed by atoms with E-state index in [9.17, 15) is 18.0 Å². The van der Waals surface area contributed by atoms with E-state index in [0.29, 0.717) is 17.9 Å². The summed E-state index contributed by atoms with van der Waals surface area (Å²) < 4.78 is 37.8. The van der Waals surface area contributed by atoms with E-state index in [4.69, 9.17) is 5.11 Å². The van der Waals surface area contributed by atoms with E-state index >= 15 is 0 Å². The second kappa shape index (κ2) is 9.58. The Balaban J connectivity index is 2.62. The van der Waals surface area contributed by atoms with Crippen molar-refractivity contribution in [3.63, 3.8) is 0 Å². The van der Waals surface area contributed by atoms with E-state index in [1.54, 1.807) is 0 Å². The largest absolute Gasteiger partial charge is 0.396 e. The first-order chi connectivity index (χ1) is 10.4. The van der Waals surface area contributed by atoms with Crippen LogP contribution in [0, 0.1) is 11.7 Å². The quantitative estimate of drug-likeness (QED) is 0.638. The number of nitrogens with one attached hydrogen (secondary N) is 2. The molecule has 0 saturated heterocycles. The molecule has 1 aromatic rings. The van der Waals surface area contributed by atoms with Crippen LogP contribution < -0.4 is 10.6 Å². The average molecular weight is 336 g/mol. The molecule has 0 heterocycles. The molecule has 0 fully saturated rings. The predicted molar refractivity (Wildman–Crippen MR) is 81.0 cm³/mol. The Morgan fingerprint density at radius 2 is 2.14 bits per heavy atom. The lowest BCUT2D eigenvalue weighted by Gasteiger charge is -2.14. The van der Waals surface area contributed by atoms with E-state index < -0.39 is 24.0 Å². The van der Waals surface area contributed by atoms with E-state index in [0.717, 1.165) is 23.9 Å². The second-order valence-corrected chi connectivity index (χ2v) is 5.86. The van der Waals surface area contributed by atoms with Crippen LogP contribution in [0.25, 0.3) is 0 Å². The van der Waals surface area contributed by atoms with Crippen molar-refractivity contribution in [3.05, 3.63) is 24.0 Å². The normalized spacial score (nSPS) is 12.3. The molecule has 1 aromatic carbocycles. The SMILES string of the molecule is CC(CCO)CNC(=O)Nc1cc(F)ccc1SCC(F)F. The van der Waals surface area contributed by atoms with E-state index in [-0.39, 0.29) is 18.2 Å². The van der Waals surface area contributed by atoms with Crippen LogP contribution in [0.4, 0.5) is 23.7 Å². The number of carbonyl (C=O) groups excluding carboxylic acids is 1. The van der Waals surface area contributed by atoms with E-state index in [1.807, 2.05) is 6.92 Å². The zero-order valence-corrected chi connectivity index (χ0v) is 12.9. The highest BCUT2D eigenvalue weighted by Crippen LogP contribution is 2.29. The first-order valence-electron chi connectivity index (χ1n) is 6.78. The Hall–Kier alpha value is -1.41. The molecule has 4 nitrogen and oxygen atoms in total. The van der Waals surface area contributed by atoms with E-state index in [2.05, 4.69) is 10.6 Å². The number of halogens is 3. The molecule has 1 atom stereocenters. The zero-order chi connectivity index (χ0) is 16.5. The highest BCUT2D eigenvalue weighted by molar-refractivity contribution is 7.99. The first kappa shape index (κ1) is 18.6. The molecule has 1 unspecified atom stereocenters. The number of aliphatic hydroxyl groups excluding tert-OH is 1. The van der Waals surface area contributed by atoms with Crippen LogP contribution in [-0.2, 0) is 0 Å². The third-order valence-electron chi connectivity index (χ3n) is 2.79. The van der Waals surface area contributed by atoms with Crippen LogP contribution in [-0.4, -0.2) is 36.5 Å². The van der Waals surface area contributed by atoms with Crippen molar-refractivity contribution < 1.29 is 23.1 Å². The molecular formula is C14H19F3N2O2S. The van der Waals surface area contributed by atoms with Gasteiger partial charge in [0.1, 0.15) is 5.82 Å². The summed E-state index contributed by atoms with van der Waals surface area (Å²) in [7, 11) is 0. The Labute approximate surface area is 131 Å². The molecule has 3 N–H and O–H groups in total. The number of hydrogen-bond acceptors (Lipinski definition) is 3. The topological polar surface area (TPSA) is 61.4 Å². The smallest absolute Gasteiger partial charge is 0.319 e. The summed E-state index contributed by atoms with van der Waals surface area (Å²) in [5, 5.41) is 13.8. The molecule has 0 bridgehead atoms. The van der Waals surface area contributed by atoms with Crippen molar-refractivity contribution in [3.8, 4) is 0 Å². The predicted octanol–water partition coefficient (Wildman–Crippen LogP) is 3.32. The third-order valence-corrected chi connectivity index (χ3v) is 3.87. The van der Waals surface area contributed by atoms with Crippen LogP contribution >= 0.6 is 11.8 Å². The monoisotopic (exact) mass is 336 g/mol. The fourth-order valence-electron chi connectivity index (χ4n) is 1.63. The molecule has 8 heteroatoms. The molecule has 22 heavy (non-hydrogen) atoms. The number of thioether (sulfide) groups is 1. The lowest BCUT2D eigenvalue weighted by molar-refractivity contribution is 0.177. The number of anilines is 1. The van der Waals surface area contributed by atoms with Gasteiger partial charge >= 0.3 is 6.03 Å².